The van der Waals surface area contributed by atoms with Gasteiger partial charge in [-0.2, -0.15) is 0 Å². The zero-order valence-corrected chi connectivity index (χ0v) is 16.8. The van der Waals surface area contributed by atoms with Gasteiger partial charge in [-0.15, -0.1) is 0 Å². The Kier molecular flexibility index (Phi) is 6.20. The Morgan fingerprint density at radius 2 is 0.848 bits per heavy atom. The number of phenols is 2. The van der Waals surface area contributed by atoms with E-state index < -0.39 is 0 Å². The van der Waals surface area contributed by atoms with E-state index in [1.807, 2.05) is 60.7 Å². The number of hydrogen-bond donors (Lipinski definition) is 2. The van der Waals surface area contributed by atoms with Gasteiger partial charge in [0, 0.05) is 0 Å². The van der Waals surface area contributed by atoms with Crippen LogP contribution in [0, 0.1) is 0 Å². The number of para-hydroxylation sites is 6. The average molecular weight is 433 g/mol. The molecule has 6 aromatic rings. The average Bonchev–Trinajstić information content (AvgIpc) is 3.44. The predicted octanol–water partition coefficient (Wildman–Crippen LogP) is 5.48. The fourth-order valence-corrected chi connectivity index (χ4v) is 3.28. The second-order valence-corrected chi connectivity index (χ2v) is 7.01. The summed E-state index contributed by atoms with van der Waals surface area (Å²) < 4.78 is 11.1. The molecule has 0 spiro atoms. The molecule has 2 N–H and O–H groups in total. The quantitative estimate of drug-likeness (QED) is 0.351. The van der Waals surface area contributed by atoms with Crippen molar-refractivity contribution in [1.82, 2.24) is 9.97 Å². The Balaban J connectivity index is 0.000000152. The molecule has 160 valence electrons. The van der Waals surface area contributed by atoms with Gasteiger partial charge < -0.3 is 19.0 Å². The molecule has 33 heavy (non-hydrogen) atoms. The third-order valence-corrected chi connectivity index (χ3v) is 4.86. The summed E-state index contributed by atoms with van der Waals surface area (Å²) >= 11 is 0. The van der Waals surface area contributed by atoms with Gasteiger partial charge in [0.25, 0.3) is 0 Å². The maximum atomic E-state index is 9.69. The van der Waals surface area contributed by atoms with Crippen molar-refractivity contribution >= 4 is 32.3 Å². The Morgan fingerprint density at radius 3 is 1.24 bits per heavy atom. The Morgan fingerprint density at radius 1 is 0.485 bits per heavy atom. The normalized spacial score (nSPS) is 10.4. The van der Waals surface area contributed by atoms with Crippen LogP contribution in [0.1, 0.15) is 0 Å². The molecule has 0 bridgehead atoms. The Bertz CT molecular complexity index is 1340. The van der Waals surface area contributed by atoms with Gasteiger partial charge in [-0.1, -0.05) is 48.5 Å². The molecule has 0 radical (unpaired) electrons. The molecule has 0 aliphatic heterocycles. The number of aromatic hydroxyl groups is 2. The van der Waals surface area contributed by atoms with Gasteiger partial charge in [0.1, 0.15) is 22.5 Å². The van der Waals surface area contributed by atoms with Gasteiger partial charge in [-0.25, -0.2) is 9.97 Å². The van der Waals surface area contributed by atoms with Crippen LogP contribution in [0.15, 0.2) is 106 Å². The first kappa shape index (κ1) is 21.8. The number of benzene rings is 4. The van der Waals surface area contributed by atoms with Crippen LogP contribution < -0.4 is 0 Å². The van der Waals surface area contributed by atoms with Crippen LogP contribution in [-0.4, -0.2) is 30.3 Å². The van der Waals surface area contributed by atoms with E-state index >= 15 is 0 Å². The molecular formula is C26H20BeN2O4. The molecule has 0 saturated carbocycles. The van der Waals surface area contributed by atoms with Crippen molar-refractivity contribution in [3.63, 3.8) is 0 Å². The summed E-state index contributed by atoms with van der Waals surface area (Å²) in [6.45, 7) is 0. The van der Waals surface area contributed by atoms with Gasteiger partial charge in [0.05, 0.1) is 11.1 Å². The van der Waals surface area contributed by atoms with E-state index in [0.717, 1.165) is 22.2 Å². The number of hydrogen-bond acceptors (Lipinski definition) is 6. The van der Waals surface area contributed by atoms with Crippen LogP contribution in [0.5, 0.6) is 11.5 Å². The fourth-order valence-electron chi connectivity index (χ4n) is 3.28. The van der Waals surface area contributed by atoms with E-state index in [9.17, 15) is 10.2 Å². The fraction of sp³-hybridized carbons (Fsp3) is 0. The first-order chi connectivity index (χ1) is 15.7. The summed E-state index contributed by atoms with van der Waals surface area (Å²) in [7, 11) is 0. The summed E-state index contributed by atoms with van der Waals surface area (Å²) in [6, 6.07) is 29.0. The topological polar surface area (TPSA) is 92.5 Å². The third-order valence-electron chi connectivity index (χ3n) is 4.86. The van der Waals surface area contributed by atoms with Gasteiger partial charge in [-0.3, -0.25) is 0 Å². The molecule has 6 nitrogen and oxygen atoms in total. The van der Waals surface area contributed by atoms with Crippen molar-refractivity contribution in [2.75, 3.05) is 0 Å². The Hall–Kier alpha value is -4.41. The van der Waals surface area contributed by atoms with Gasteiger partial charge >= 0.3 is 10.1 Å². The molecule has 7 heteroatoms. The predicted molar refractivity (Wildman–Crippen MR) is 131 cm³/mol. The molecule has 0 aliphatic rings. The van der Waals surface area contributed by atoms with Gasteiger partial charge in [-0.05, 0) is 48.5 Å². The van der Waals surface area contributed by atoms with E-state index in [1.165, 1.54) is 0 Å². The number of phenolic OH excluding ortho intramolecular Hbond substituents is 2. The zero-order valence-electron chi connectivity index (χ0n) is 16.8. The van der Waals surface area contributed by atoms with E-state index in [1.54, 1.807) is 36.4 Å². The number of aromatic nitrogens is 2. The van der Waals surface area contributed by atoms with E-state index in [0.29, 0.717) is 22.9 Å². The van der Waals surface area contributed by atoms with E-state index in [4.69, 9.17) is 8.83 Å². The molecule has 6 rings (SSSR count). The first-order valence-electron chi connectivity index (χ1n) is 9.97. The molecule has 0 aliphatic carbocycles. The monoisotopic (exact) mass is 433 g/mol. The molecule has 0 unspecified atom stereocenters. The van der Waals surface area contributed by atoms with Gasteiger partial charge in [0.15, 0.2) is 11.2 Å². The van der Waals surface area contributed by atoms with Crippen LogP contribution in [0.25, 0.3) is 45.1 Å². The number of oxazole rings is 2. The molecule has 0 amide bonds. The van der Waals surface area contributed by atoms with Crippen LogP contribution >= 0.6 is 0 Å². The summed E-state index contributed by atoms with van der Waals surface area (Å²) in [5.74, 6) is 1.24. The van der Waals surface area contributed by atoms with Crippen LogP contribution in [0.3, 0.4) is 0 Å². The SMILES string of the molecule is Oc1ccccc1-c1nc2ccccc2o1.Oc1ccccc1-c1nc2ccccc2o1.[BeH2]. The molecule has 2 aromatic heterocycles. The van der Waals surface area contributed by atoms with Crippen molar-refractivity contribution in [2.45, 2.75) is 0 Å². The van der Waals surface area contributed by atoms with Gasteiger partial charge in [0.2, 0.25) is 11.8 Å². The third kappa shape index (κ3) is 4.47. The second-order valence-electron chi connectivity index (χ2n) is 7.01. The summed E-state index contributed by atoms with van der Waals surface area (Å²) in [5, 5.41) is 19.4. The summed E-state index contributed by atoms with van der Waals surface area (Å²) in [5.41, 5.74) is 4.25. The van der Waals surface area contributed by atoms with Crippen molar-refractivity contribution < 1.29 is 19.0 Å². The molecule has 0 saturated heterocycles. The van der Waals surface area contributed by atoms with E-state index in [-0.39, 0.29) is 21.6 Å². The van der Waals surface area contributed by atoms with E-state index in [2.05, 4.69) is 9.97 Å². The zero-order chi connectivity index (χ0) is 21.9. The van der Waals surface area contributed by atoms with Crippen molar-refractivity contribution in [3.8, 4) is 34.4 Å². The first-order valence-corrected chi connectivity index (χ1v) is 9.97. The molecular weight excluding hydrogens is 413 g/mol. The van der Waals surface area contributed by atoms with Crippen LogP contribution in [0.2, 0.25) is 0 Å². The minimum absolute atomic E-state index is 0. The number of rotatable bonds is 2. The van der Waals surface area contributed by atoms with Crippen molar-refractivity contribution in [1.29, 1.82) is 0 Å². The summed E-state index contributed by atoms with van der Waals surface area (Å²) in [4.78, 5) is 8.63. The maximum absolute atomic E-state index is 9.69. The number of fused-ring (bicyclic) bond motifs is 2. The molecule has 0 fully saturated rings. The Labute approximate surface area is 193 Å². The standard InChI is InChI=1S/2C13H9NO2.Be.2H/c2*15-11-7-3-1-5-9(11)13-14-10-6-2-4-8-12(10)16-13;;;/h2*1-8,15H;;;. The van der Waals surface area contributed by atoms with Crippen molar-refractivity contribution in [3.05, 3.63) is 97.1 Å². The molecule has 0 atom stereocenters. The van der Waals surface area contributed by atoms with Crippen molar-refractivity contribution in [2.24, 2.45) is 0 Å². The summed E-state index contributed by atoms with van der Waals surface area (Å²) in [6.07, 6.45) is 0. The molecule has 4 aromatic carbocycles. The number of nitrogens with zero attached hydrogens (tertiary/aromatic N) is 2. The molecule has 2 heterocycles. The minimum atomic E-state index is 0. The van der Waals surface area contributed by atoms with Crippen LogP contribution in [-0.2, 0) is 0 Å². The second kappa shape index (κ2) is 9.38. The van der Waals surface area contributed by atoms with Crippen LogP contribution in [0.4, 0.5) is 0 Å².